The first kappa shape index (κ1) is 18.4. The molecule has 0 aliphatic carbocycles. The summed E-state index contributed by atoms with van der Waals surface area (Å²) < 4.78 is 17.3. The SMILES string of the molecule is COc1ccc(O[C@@H](C)C(=O)OCc2cc(=O)n3cc(C)ccc3n2)cc1. The van der Waals surface area contributed by atoms with Crippen molar-refractivity contribution in [3.05, 3.63) is 70.3 Å². The highest BCUT2D eigenvalue weighted by Crippen LogP contribution is 2.18. The van der Waals surface area contributed by atoms with Crippen molar-refractivity contribution in [3.8, 4) is 11.5 Å². The number of hydrogen-bond donors (Lipinski definition) is 0. The molecule has 0 amide bonds. The minimum atomic E-state index is -0.803. The Bertz CT molecular complexity index is 1010. The molecule has 0 saturated carbocycles. The highest BCUT2D eigenvalue weighted by Gasteiger charge is 2.17. The number of carbonyl (C=O) groups excluding carboxylic acids is 1. The molecule has 1 aromatic carbocycles. The lowest BCUT2D eigenvalue weighted by Crippen LogP contribution is -2.26. The fourth-order valence-electron chi connectivity index (χ4n) is 2.50. The van der Waals surface area contributed by atoms with Crippen molar-refractivity contribution in [2.24, 2.45) is 0 Å². The van der Waals surface area contributed by atoms with E-state index < -0.39 is 12.1 Å². The fourth-order valence-corrected chi connectivity index (χ4v) is 2.50. The molecule has 3 aromatic rings. The largest absolute Gasteiger partial charge is 0.497 e. The first-order valence-electron chi connectivity index (χ1n) is 8.42. The second-order valence-corrected chi connectivity index (χ2v) is 6.06. The van der Waals surface area contributed by atoms with Crippen LogP contribution in [0.15, 0.2) is 53.5 Å². The van der Waals surface area contributed by atoms with E-state index in [1.165, 1.54) is 10.5 Å². The summed E-state index contributed by atoms with van der Waals surface area (Å²) in [6.07, 6.45) is 0.910. The molecule has 27 heavy (non-hydrogen) atoms. The van der Waals surface area contributed by atoms with Crippen LogP contribution in [0.3, 0.4) is 0 Å². The van der Waals surface area contributed by atoms with Crippen molar-refractivity contribution in [1.29, 1.82) is 0 Å². The van der Waals surface area contributed by atoms with Crippen molar-refractivity contribution in [2.75, 3.05) is 7.11 Å². The van der Waals surface area contributed by atoms with Gasteiger partial charge in [-0.25, -0.2) is 9.78 Å². The Morgan fingerprint density at radius 1 is 1.15 bits per heavy atom. The van der Waals surface area contributed by atoms with Crippen LogP contribution in [0, 0.1) is 6.92 Å². The first-order valence-corrected chi connectivity index (χ1v) is 8.42. The van der Waals surface area contributed by atoms with Gasteiger partial charge in [-0.15, -0.1) is 0 Å². The Balaban J connectivity index is 1.63. The molecule has 0 unspecified atom stereocenters. The summed E-state index contributed by atoms with van der Waals surface area (Å²) in [6, 6.07) is 11.9. The quantitative estimate of drug-likeness (QED) is 0.622. The molecular weight excluding hydrogens is 348 g/mol. The van der Waals surface area contributed by atoms with Gasteiger partial charge in [-0.1, -0.05) is 6.07 Å². The van der Waals surface area contributed by atoms with Crippen LogP contribution < -0.4 is 15.0 Å². The summed E-state index contributed by atoms with van der Waals surface area (Å²) in [5.41, 5.74) is 1.61. The van der Waals surface area contributed by atoms with Crippen LogP contribution in [-0.4, -0.2) is 28.6 Å². The van der Waals surface area contributed by atoms with Gasteiger partial charge in [-0.3, -0.25) is 9.20 Å². The normalized spacial score (nSPS) is 11.8. The summed E-state index contributed by atoms with van der Waals surface area (Å²) >= 11 is 0. The molecule has 0 spiro atoms. The lowest BCUT2D eigenvalue weighted by Gasteiger charge is -2.14. The van der Waals surface area contributed by atoms with E-state index in [4.69, 9.17) is 14.2 Å². The third kappa shape index (κ3) is 4.44. The average molecular weight is 368 g/mol. The second-order valence-electron chi connectivity index (χ2n) is 6.06. The molecule has 140 valence electrons. The van der Waals surface area contributed by atoms with Crippen molar-refractivity contribution < 1.29 is 19.0 Å². The molecule has 0 radical (unpaired) electrons. The zero-order valence-electron chi connectivity index (χ0n) is 15.3. The lowest BCUT2D eigenvalue weighted by atomic mass is 10.3. The van der Waals surface area contributed by atoms with Gasteiger partial charge >= 0.3 is 5.97 Å². The number of aryl methyl sites for hydroxylation is 1. The molecule has 0 aliphatic rings. The number of nitrogens with zero attached hydrogens (tertiary/aromatic N) is 2. The van der Waals surface area contributed by atoms with Gasteiger partial charge in [0.1, 0.15) is 23.8 Å². The Morgan fingerprint density at radius 2 is 1.85 bits per heavy atom. The maximum Gasteiger partial charge on any atom is 0.347 e. The number of hydrogen-bond acceptors (Lipinski definition) is 6. The van der Waals surface area contributed by atoms with Gasteiger partial charge in [0, 0.05) is 12.3 Å². The summed E-state index contributed by atoms with van der Waals surface area (Å²) in [5, 5.41) is 0. The smallest absolute Gasteiger partial charge is 0.347 e. The van der Waals surface area contributed by atoms with E-state index in [0.29, 0.717) is 22.8 Å². The van der Waals surface area contributed by atoms with Crippen LogP contribution >= 0.6 is 0 Å². The Morgan fingerprint density at radius 3 is 2.56 bits per heavy atom. The number of fused-ring (bicyclic) bond motifs is 1. The topological polar surface area (TPSA) is 79.1 Å². The van der Waals surface area contributed by atoms with E-state index in [0.717, 1.165) is 5.56 Å². The number of methoxy groups -OCH3 is 1. The highest BCUT2D eigenvalue weighted by molar-refractivity contribution is 5.74. The zero-order chi connectivity index (χ0) is 19.4. The zero-order valence-corrected chi connectivity index (χ0v) is 15.3. The number of esters is 1. The van der Waals surface area contributed by atoms with Crippen LogP contribution in [0.2, 0.25) is 0 Å². The molecule has 0 aliphatic heterocycles. The molecule has 3 rings (SSSR count). The minimum Gasteiger partial charge on any atom is -0.497 e. The van der Waals surface area contributed by atoms with E-state index in [1.54, 1.807) is 50.6 Å². The lowest BCUT2D eigenvalue weighted by molar-refractivity contribution is -0.152. The van der Waals surface area contributed by atoms with Gasteiger partial charge in [0.15, 0.2) is 6.10 Å². The maximum absolute atomic E-state index is 12.2. The minimum absolute atomic E-state index is 0.102. The number of rotatable bonds is 6. The molecule has 2 heterocycles. The monoisotopic (exact) mass is 368 g/mol. The van der Waals surface area contributed by atoms with Crippen molar-refractivity contribution >= 4 is 11.6 Å². The van der Waals surface area contributed by atoms with Crippen LogP contribution in [0.1, 0.15) is 18.2 Å². The van der Waals surface area contributed by atoms with E-state index in [-0.39, 0.29) is 12.2 Å². The number of carbonyl (C=O) groups is 1. The van der Waals surface area contributed by atoms with E-state index in [2.05, 4.69) is 4.98 Å². The van der Waals surface area contributed by atoms with Crippen LogP contribution in [0.5, 0.6) is 11.5 Å². The molecule has 1 atom stereocenters. The molecule has 0 N–H and O–H groups in total. The maximum atomic E-state index is 12.2. The fraction of sp³-hybridized carbons (Fsp3) is 0.250. The third-order valence-electron chi connectivity index (χ3n) is 3.93. The van der Waals surface area contributed by atoms with Gasteiger partial charge in [-0.2, -0.15) is 0 Å². The summed E-state index contributed by atoms with van der Waals surface area (Å²) in [5.74, 6) is 0.677. The number of ether oxygens (including phenoxy) is 3. The number of aromatic nitrogens is 2. The number of benzene rings is 1. The Kier molecular flexibility index (Phi) is 5.40. The van der Waals surface area contributed by atoms with Gasteiger partial charge in [0.25, 0.3) is 5.56 Å². The van der Waals surface area contributed by atoms with Gasteiger partial charge in [0.05, 0.1) is 12.8 Å². The van der Waals surface area contributed by atoms with Gasteiger partial charge in [-0.05, 0) is 49.7 Å². The first-order chi connectivity index (χ1) is 13.0. The Hall–Kier alpha value is -3.35. The Labute approximate surface area is 156 Å². The summed E-state index contributed by atoms with van der Waals surface area (Å²) in [6.45, 7) is 3.39. The van der Waals surface area contributed by atoms with Crippen molar-refractivity contribution in [2.45, 2.75) is 26.6 Å². The third-order valence-corrected chi connectivity index (χ3v) is 3.93. The molecule has 7 nitrogen and oxygen atoms in total. The molecular formula is C20H20N2O5. The van der Waals surface area contributed by atoms with E-state index in [9.17, 15) is 9.59 Å². The van der Waals surface area contributed by atoms with E-state index in [1.807, 2.05) is 13.0 Å². The molecule has 7 heteroatoms. The summed E-state index contributed by atoms with van der Waals surface area (Å²) in [4.78, 5) is 28.7. The van der Waals surface area contributed by atoms with Crippen LogP contribution in [-0.2, 0) is 16.1 Å². The predicted molar refractivity (Wildman–Crippen MR) is 99.1 cm³/mol. The summed E-state index contributed by atoms with van der Waals surface area (Å²) in [7, 11) is 1.57. The van der Waals surface area contributed by atoms with Crippen LogP contribution in [0.25, 0.3) is 5.65 Å². The van der Waals surface area contributed by atoms with Gasteiger partial charge < -0.3 is 14.2 Å². The van der Waals surface area contributed by atoms with Crippen LogP contribution in [0.4, 0.5) is 0 Å². The highest BCUT2D eigenvalue weighted by atomic mass is 16.6. The van der Waals surface area contributed by atoms with Crippen molar-refractivity contribution in [3.63, 3.8) is 0 Å². The van der Waals surface area contributed by atoms with E-state index >= 15 is 0 Å². The molecule has 2 aromatic heterocycles. The average Bonchev–Trinajstić information content (AvgIpc) is 2.67. The van der Waals surface area contributed by atoms with Crippen molar-refractivity contribution in [1.82, 2.24) is 9.38 Å². The van der Waals surface area contributed by atoms with Gasteiger partial charge in [0.2, 0.25) is 0 Å². The molecule has 0 bridgehead atoms. The molecule has 0 fully saturated rings. The number of pyridine rings is 1. The standard InChI is InChI=1S/C20H20N2O5/c1-13-4-9-18-21-15(10-19(23)22(18)11-13)12-26-20(24)14(2)27-17-7-5-16(25-3)6-8-17/h4-11,14H,12H2,1-3H3/t14-/m0/s1. The predicted octanol–water partition coefficient (Wildman–Crippen LogP) is 2.52. The molecule has 0 saturated heterocycles. The second kappa shape index (κ2) is 7.90.